The number of hydrogen-bond acceptors (Lipinski definition) is 2. The Bertz CT molecular complexity index is 395. The van der Waals surface area contributed by atoms with Crippen molar-refractivity contribution in [2.24, 2.45) is 10.8 Å². The van der Waals surface area contributed by atoms with Crippen LogP contribution in [0.15, 0.2) is 23.3 Å². The average molecular weight is 290 g/mol. The summed E-state index contributed by atoms with van der Waals surface area (Å²) in [4.78, 5) is 0. The summed E-state index contributed by atoms with van der Waals surface area (Å²) in [6.45, 7) is 0. The summed E-state index contributed by atoms with van der Waals surface area (Å²) >= 11 is 7.84. The van der Waals surface area contributed by atoms with Gasteiger partial charge in [-0.1, -0.05) is 22.0 Å². The predicted octanol–water partition coefficient (Wildman–Crippen LogP) is 1.89. The van der Waals surface area contributed by atoms with Crippen LogP contribution in [0.3, 0.4) is 0 Å². The van der Waals surface area contributed by atoms with Gasteiger partial charge in [-0.2, -0.15) is 5.10 Å². The van der Waals surface area contributed by atoms with Crippen molar-refractivity contribution >= 4 is 39.5 Å². The van der Waals surface area contributed by atoms with Crippen LogP contribution < -0.4 is 11.2 Å². The molecule has 0 spiro atoms. The van der Waals surface area contributed by atoms with Crippen molar-refractivity contribution in [2.45, 2.75) is 5.33 Å². The Kier molecular flexibility index (Phi) is 4.64. The van der Waals surface area contributed by atoms with Gasteiger partial charge in [-0.15, -0.1) is 0 Å². The Labute approximate surface area is 101 Å². The van der Waals surface area contributed by atoms with Crippen LogP contribution in [0.4, 0.5) is 4.39 Å². The lowest BCUT2D eigenvalue weighted by molar-refractivity contribution is 0.626. The fourth-order valence-corrected chi connectivity index (χ4v) is 1.52. The first-order valence-electron chi connectivity index (χ1n) is 4.06. The molecule has 0 amide bonds. The molecule has 0 bridgehead atoms. The second-order valence-corrected chi connectivity index (χ2v) is 3.71. The van der Waals surface area contributed by atoms with E-state index in [4.69, 9.17) is 5.73 Å². The van der Waals surface area contributed by atoms with E-state index in [0.717, 1.165) is 11.1 Å². The van der Waals surface area contributed by atoms with Gasteiger partial charge in [0.15, 0.2) is 5.11 Å². The highest BCUT2D eigenvalue weighted by molar-refractivity contribution is 9.08. The Balaban J connectivity index is 2.84. The van der Waals surface area contributed by atoms with E-state index in [2.05, 4.69) is 38.7 Å². The molecule has 0 aliphatic rings. The van der Waals surface area contributed by atoms with Crippen molar-refractivity contribution in [3.8, 4) is 0 Å². The molecule has 0 atom stereocenters. The van der Waals surface area contributed by atoms with Gasteiger partial charge in [-0.25, -0.2) is 4.39 Å². The normalized spacial score (nSPS) is 10.5. The van der Waals surface area contributed by atoms with Gasteiger partial charge in [0.1, 0.15) is 5.82 Å². The number of hydrogen-bond donors (Lipinski definition) is 2. The van der Waals surface area contributed by atoms with Gasteiger partial charge < -0.3 is 5.73 Å². The van der Waals surface area contributed by atoms with E-state index in [-0.39, 0.29) is 10.9 Å². The molecular weight excluding hydrogens is 281 g/mol. The van der Waals surface area contributed by atoms with E-state index < -0.39 is 0 Å². The summed E-state index contributed by atoms with van der Waals surface area (Å²) in [6.07, 6.45) is 1.54. The van der Waals surface area contributed by atoms with Crippen molar-refractivity contribution in [3.05, 3.63) is 35.1 Å². The number of alkyl halides is 1. The topological polar surface area (TPSA) is 50.4 Å². The first-order chi connectivity index (χ1) is 7.13. The number of rotatable bonds is 3. The van der Waals surface area contributed by atoms with Gasteiger partial charge >= 0.3 is 0 Å². The van der Waals surface area contributed by atoms with Gasteiger partial charge in [0.2, 0.25) is 0 Å². The molecule has 0 radical (unpaired) electrons. The largest absolute Gasteiger partial charge is 0.375 e. The summed E-state index contributed by atoms with van der Waals surface area (Å²) in [7, 11) is 0. The molecule has 0 aliphatic carbocycles. The Hall–Kier alpha value is -1.01. The van der Waals surface area contributed by atoms with E-state index in [0.29, 0.717) is 5.33 Å². The maximum absolute atomic E-state index is 12.9. The molecule has 0 saturated heterocycles. The maximum Gasteiger partial charge on any atom is 0.184 e. The van der Waals surface area contributed by atoms with Crippen molar-refractivity contribution < 1.29 is 4.39 Å². The number of nitrogens with one attached hydrogen (secondary N) is 1. The van der Waals surface area contributed by atoms with Gasteiger partial charge in [-0.05, 0) is 35.5 Å². The molecule has 1 rings (SSSR count). The molecule has 6 heteroatoms. The highest BCUT2D eigenvalue weighted by Gasteiger charge is 2.00. The van der Waals surface area contributed by atoms with Crippen molar-refractivity contribution in [3.63, 3.8) is 0 Å². The van der Waals surface area contributed by atoms with Gasteiger partial charge in [0.25, 0.3) is 0 Å². The molecule has 15 heavy (non-hydrogen) atoms. The van der Waals surface area contributed by atoms with Crippen LogP contribution in [0.5, 0.6) is 0 Å². The summed E-state index contributed by atoms with van der Waals surface area (Å²) in [5.74, 6) is -0.274. The molecule has 0 fully saturated rings. The van der Waals surface area contributed by atoms with E-state index in [1.165, 1.54) is 18.3 Å². The molecule has 0 aromatic heterocycles. The summed E-state index contributed by atoms with van der Waals surface area (Å²) < 4.78 is 12.9. The quantitative estimate of drug-likeness (QED) is 0.387. The van der Waals surface area contributed by atoms with E-state index in [1.807, 2.05) is 0 Å². The van der Waals surface area contributed by atoms with Gasteiger partial charge in [-0.3, -0.25) is 5.43 Å². The van der Waals surface area contributed by atoms with Crippen LogP contribution in [-0.2, 0) is 5.33 Å². The zero-order valence-corrected chi connectivity index (χ0v) is 10.1. The molecule has 0 aliphatic heterocycles. The predicted molar refractivity (Wildman–Crippen MR) is 66.5 cm³/mol. The summed E-state index contributed by atoms with van der Waals surface area (Å²) in [5.41, 5.74) is 9.23. The van der Waals surface area contributed by atoms with Crippen LogP contribution in [0.2, 0.25) is 0 Å². The van der Waals surface area contributed by atoms with Crippen LogP contribution in [0.1, 0.15) is 11.1 Å². The average Bonchev–Trinajstić information content (AvgIpc) is 2.19. The van der Waals surface area contributed by atoms with Crippen molar-refractivity contribution in [1.29, 1.82) is 0 Å². The van der Waals surface area contributed by atoms with E-state index >= 15 is 0 Å². The fraction of sp³-hybridized carbons (Fsp3) is 0.111. The molecule has 0 heterocycles. The summed E-state index contributed by atoms with van der Waals surface area (Å²) in [5, 5.41) is 4.44. The highest BCUT2D eigenvalue weighted by atomic mass is 79.9. The van der Waals surface area contributed by atoms with Crippen molar-refractivity contribution in [2.75, 3.05) is 0 Å². The monoisotopic (exact) mass is 289 g/mol. The minimum Gasteiger partial charge on any atom is -0.375 e. The van der Waals surface area contributed by atoms with E-state index in [1.54, 1.807) is 6.07 Å². The third-order valence-electron chi connectivity index (χ3n) is 1.63. The number of thiocarbonyl (C=S) groups is 1. The molecule has 3 N–H and O–H groups in total. The second-order valence-electron chi connectivity index (χ2n) is 2.71. The molecule has 80 valence electrons. The molecule has 0 unspecified atom stereocenters. The number of hydrazone groups is 1. The first kappa shape index (κ1) is 12.1. The third kappa shape index (κ3) is 3.93. The Morgan fingerprint density at radius 3 is 3.00 bits per heavy atom. The van der Waals surface area contributed by atoms with E-state index in [9.17, 15) is 4.39 Å². The lowest BCUT2D eigenvalue weighted by Crippen LogP contribution is -2.24. The van der Waals surface area contributed by atoms with Crippen molar-refractivity contribution in [1.82, 2.24) is 5.43 Å². The fourth-order valence-electron chi connectivity index (χ4n) is 0.981. The number of benzene rings is 1. The minimum atomic E-state index is -0.274. The Morgan fingerprint density at radius 1 is 1.67 bits per heavy atom. The Morgan fingerprint density at radius 2 is 2.40 bits per heavy atom. The molecule has 0 saturated carbocycles. The lowest BCUT2D eigenvalue weighted by Gasteiger charge is -2.01. The molecule has 1 aromatic rings. The zero-order valence-electron chi connectivity index (χ0n) is 7.71. The lowest BCUT2D eigenvalue weighted by atomic mass is 10.1. The zero-order chi connectivity index (χ0) is 11.3. The smallest absolute Gasteiger partial charge is 0.184 e. The van der Waals surface area contributed by atoms with Gasteiger partial charge in [0, 0.05) is 5.33 Å². The van der Waals surface area contributed by atoms with Crippen LogP contribution in [0.25, 0.3) is 0 Å². The number of halogens is 2. The highest BCUT2D eigenvalue weighted by Crippen LogP contribution is 2.12. The summed E-state index contributed by atoms with van der Waals surface area (Å²) in [6, 6.07) is 4.45. The van der Waals surface area contributed by atoms with Crippen LogP contribution in [0, 0.1) is 5.82 Å². The standard InChI is InChI=1S/C9H9BrFN3S/c10-4-7-3-8(11)2-1-6(7)5-13-14-9(12)15/h1-3,5H,4H2,(H3,12,14,15). The third-order valence-corrected chi connectivity index (χ3v) is 2.32. The SMILES string of the molecule is NC(=S)NN=Cc1ccc(F)cc1CBr. The minimum absolute atomic E-state index is 0.0914. The van der Waals surface area contributed by atoms with Crippen LogP contribution >= 0.6 is 28.1 Å². The molecule has 3 nitrogen and oxygen atoms in total. The van der Waals surface area contributed by atoms with Crippen LogP contribution in [-0.4, -0.2) is 11.3 Å². The maximum atomic E-state index is 12.9. The van der Waals surface area contributed by atoms with Gasteiger partial charge in [0.05, 0.1) is 6.21 Å². The molecular formula is C9H9BrFN3S. The first-order valence-corrected chi connectivity index (χ1v) is 5.59. The molecule has 1 aromatic carbocycles. The number of nitrogens with zero attached hydrogens (tertiary/aromatic N) is 1. The second kappa shape index (κ2) is 5.77. The number of nitrogens with two attached hydrogens (primary N) is 1.